The first-order valence-electron chi connectivity index (χ1n) is 5.52. The number of carbonyl (C=O) groups is 1. The van der Waals surface area contributed by atoms with Gasteiger partial charge in [-0.2, -0.15) is 0 Å². The molecular weight excluding hydrogens is 284 g/mol. The van der Waals surface area contributed by atoms with Crippen LogP contribution in [0.2, 0.25) is 5.02 Å². The predicted octanol–water partition coefficient (Wildman–Crippen LogP) is 3.72. The van der Waals surface area contributed by atoms with Crippen LogP contribution in [0.5, 0.6) is 0 Å². The lowest BCUT2D eigenvalue weighted by molar-refractivity contribution is 0.0691. The number of aromatic carboxylic acids is 1. The summed E-state index contributed by atoms with van der Waals surface area (Å²) in [7, 11) is 0. The Morgan fingerprint density at radius 2 is 2.26 bits per heavy atom. The van der Waals surface area contributed by atoms with Crippen LogP contribution in [0, 0.1) is 6.92 Å². The first-order valence-corrected chi connectivity index (χ1v) is 6.78. The zero-order valence-corrected chi connectivity index (χ0v) is 11.5. The van der Waals surface area contributed by atoms with Crippen LogP contribution in [-0.2, 0) is 0 Å². The predicted molar refractivity (Wildman–Crippen MR) is 75.2 cm³/mol. The number of halogens is 1. The van der Waals surface area contributed by atoms with Crippen LogP contribution in [0.4, 0.5) is 0 Å². The van der Waals surface area contributed by atoms with Crippen molar-refractivity contribution in [3.63, 3.8) is 0 Å². The molecule has 4 nitrogen and oxygen atoms in total. The largest absolute Gasteiger partial charge is 0.476 e. The van der Waals surface area contributed by atoms with E-state index in [2.05, 4.69) is 4.98 Å². The highest BCUT2D eigenvalue weighted by Crippen LogP contribution is 2.29. The minimum atomic E-state index is -1.02. The summed E-state index contributed by atoms with van der Waals surface area (Å²) in [6.07, 6.45) is 1.54. The SMILES string of the molecule is Cc1cc(-c2csc3nc(C(=O)O)cn23)ccc1Cl. The van der Waals surface area contributed by atoms with Crippen molar-refractivity contribution in [3.05, 3.63) is 46.1 Å². The maximum absolute atomic E-state index is 10.9. The molecule has 1 aromatic carbocycles. The lowest BCUT2D eigenvalue weighted by Crippen LogP contribution is -1.95. The summed E-state index contributed by atoms with van der Waals surface area (Å²) < 4.78 is 1.79. The summed E-state index contributed by atoms with van der Waals surface area (Å²) in [5.41, 5.74) is 2.94. The number of thiazole rings is 1. The number of aromatic nitrogens is 2. The van der Waals surface area contributed by atoms with Crippen molar-refractivity contribution in [2.45, 2.75) is 6.92 Å². The standard InChI is InChI=1S/C13H9ClN2O2S/c1-7-4-8(2-3-9(7)14)11-6-19-13-15-10(12(17)18)5-16(11)13/h2-6H,1H3,(H,17,18). The minimum Gasteiger partial charge on any atom is -0.476 e. The van der Waals surface area contributed by atoms with Gasteiger partial charge in [-0.1, -0.05) is 17.7 Å². The van der Waals surface area contributed by atoms with E-state index in [1.807, 2.05) is 30.5 Å². The second-order valence-electron chi connectivity index (χ2n) is 4.17. The van der Waals surface area contributed by atoms with Gasteiger partial charge in [0.2, 0.25) is 0 Å². The van der Waals surface area contributed by atoms with Crippen LogP contribution in [0.1, 0.15) is 16.1 Å². The molecule has 0 aliphatic heterocycles. The molecule has 0 fully saturated rings. The Labute approximate surface area is 117 Å². The number of hydrogen-bond acceptors (Lipinski definition) is 3. The second-order valence-corrected chi connectivity index (χ2v) is 5.41. The Hall–Kier alpha value is -1.85. The molecular formula is C13H9ClN2O2S. The third-order valence-corrected chi connectivity index (χ3v) is 4.15. The number of nitrogens with zero attached hydrogens (tertiary/aromatic N) is 2. The fraction of sp³-hybridized carbons (Fsp3) is 0.0769. The molecule has 0 bridgehead atoms. The Morgan fingerprint density at radius 3 is 2.95 bits per heavy atom. The highest BCUT2D eigenvalue weighted by molar-refractivity contribution is 7.15. The van der Waals surface area contributed by atoms with E-state index in [9.17, 15) is 4.79 Å². The van der Waals surface area contributed by atoms with E-state index in [4.69, 9.17) is 16.7 Å². The average molecular weight is 293 g/mol. The normalized spacial score (nSPS) is 11.1. The zero-order valence-electron chi connectivity index (χ0n) is 9.92. The van der Waals surface area contributed by atoms with Crippen LogP contribution >= 0.6 is 22.9 Å². The van der Waals surface area contributed by atoms with Crippen molar-refractivity contribution in [2.75, 3.05) is 0 Å². The van der Waals surface area contributed by atoms with Crippen LogP contribution in [0.25, 0.3) is 16.2 Å². The molecule has 3 rings (SSSR count). The van der Waals surface area contributed by atoms with E-state index in [1.54, 1.807) is 4.40 Å². The number of imidazole rings is 1. The number of benzene rings is 1. The smallest absolute Gasteiger partial charge is 0.356 e. The lowest BCUT2D eigenvalue weighted by atomic mass is 10.1. The maximum atomic E-state index is 10.9. The van der Waals surface area contributed by atoms with Crippen molar-refractivity contribution in [2.24, 2.45) is 0 Å². The minimum absolute atomic E-state index is 0.0544. The van der Waals surface area contributed by atoms with E-state index >= 15 is 0 Å². The number of rotatable bonds is 2. The van der Waals surface area contributed by atoms with Gasteiger partial charge in [0.25, 0.3) is 0 Å². The van der Waals surface area contributed by atoms with Gasteiger partial charge in [-0.05, 0) is 30.2 Å². The van der Waals surface area contributed by atoms with E-state index in [0.717, 1.165) is 16.8 Å². The summed E-state index contributed by atoms with van der Waals surface area (Å²) in [5.74, 6) is -1.02. The van der Waals surface area contributed by atoms with Gasteiger partial charge in [0, 0.05) is 16.6 Å². The first kappa shape index (κ1) is 12.2. The number of fused-ring (bicyclic) bond motifs is 1. The molecule has 19 heavy (non-hydrogen) atoms. The molecule has 0 aliphatic rings. The van der Waals surface area contributed by atoms with Crippen LogP contribution in [0.3, 0.4) is 0 Å². The third-order valence-electron chi connectivity index (χ3n) is 2.88. The molecule has 0 saturated heterocycles. The van der Waals surface area contributed by atoms with Crippen molar-refractivity contribution in [1.82, 2.24) is 9.38 Å². The Kier molecular flexibility index (Phi) is 2.80. The zero-order chi connectivity index (χ0) is 13.6. The second kappa shape index (κ2) is 4.36. The maximum Gasteiger partial charge on any atom is 0.356 e. The molecule has 2 heterocycles. The molecule has 0 aliphatic carbocycles. The number of carboxylic acid groups (broad SMARTS) is 1. The molecule has 6 heteroatoms. The molecule has 0 radical (unpaired) electrons. The Bertz CT molecular complexity index is 791. The average Bonchev–Trinajstić information content (AvgIpc) is 2.92. The number of aryl methyl sites for hydroxylation is 1. The Morgan fingerprint density at radius 1 is 1.47 bits per heavy atom. The lowest BCUT2D eigenvalue weighted by Gasteiger charge is -2.03. The van der Waals surface area contributed by atoms with Crippen molar-refractivity contribution < 1.29 is 9.90 Å². The highest BCUT2D eigenvalue weighted by Gasteiger charge is 2.13. The van der Waals surface area contributed by atoms with Gasteiger partial charge < -0.3 is 5.11 Å². The quantitative estimate of drug-likeness (QED) is 0.783. The van der Waals surface area contributed by atoms with Gasteiger partial charge in [-0.15, -0.1) is 11.3 Å². The highest BCUT2D eigenvalue weighted by atomic mass is 35.5. The molecule has 0 atom stereocenters. The van der Waals surface area contributed by atoms with Crippen molar-refractivity contribution in [3.8, 4) is 11.3 Å². The summed E-state index contributed by atoms with van der Waals surface area (Å²) in [6.45, 7) is 1.94. The Balaban J connectivity index is 2.18. The van der Waals surface area contributed by atoms with Crippen LogP contribution in [-0.4, -0.2) is 20.5 Å². The van der Waals surface area contributed by atoms with Gasteiger partial charge in [0.05, 0.1) is 5.69 Å². The van der Waals surface area contributed by atoms with Gasteiger partial charge in [-0.3, -0.25) is 4.40 Å². The van der Waals surface area contributed by atoms with Gasteiger partial charge in [0.1, 0.15) is 0 Å². The molecule has 3 aromatic rings. The van der Waals surface area contributed by atoms with E-state index < -0.39 is 5.97 Å². The van der Waals surface area contributed by atoms with Crippen LogP contribution < -0.4 is 0 Å². The van der Waals surface area contributed by atoms with E-state index in [0.29, 0.717) is 9.98 Å². The number of carboxylic acids is 1. The third kappa shape index (κ3) is 2.01. The van der Waals surface area contributed by atoms with E-state index in [-0.39, 0.29) is 5.69 Å². The monoisotopic (exact) mass is 292 g/mol. The first-order chi connectivity index (χ1) is 9.06. The van der Waals surface area contributed by atoms with E-state index in [1.165, 1.54) is 17.5 Å². The van der Waals surface area contributed by atoms with Crippen LogP contribution in [0.15, 0.2) is 29.8 Å². The van der Waals surface area contributed by atoms with Gasteiger partial charge in [0.15, 0.2) is 10.7 Å². The summed E-state index contributed by atoms with van der Waals surface area (Å²) in [6, 6.07) is 5.73. The molecule has 1 N–H and O–H groups in total. The molecule has 0 spiro atoms. The fourth-order valence-corrected chi connectivity index (χ4v) is 2.90. The topological polar surface area (TPSA) is 54.6 Å². The van der Waals surface area contributed by atoms with Gasteiger partial charge >= 0.3 is 5.97 Å². The molecule has 0 amide bonds. The molecule has 2 aromatic heterocycles. The summed E-state index contributed by atoms with van der Waals surface area (Å²) in [5, 5.41) is 11.6. The van der Waals surface area contributed by atoms with Crippen molar-refractivity contribution >= 4 is 33.9 Å². The van der Waals surface area contributed by atoms with Gasteiger partial charge in [-0.25, -0.2) is 9.78 Å². The molecule has 0 saturated carbocycles. The van der Waals surface area contributed by atoms with Crippen molar-refractivity contribution in [1.29, 1.82) is 0 Å². The molecule has 96 valence electrons. The fourth-order valence-electron chi connectivity index (χ4n) is 1.90. The summed E-state index contributed by atoms with van der Waals surface area (Å²) in [4.78, 5) is 15.6. The summed E-state index contributed by atoms with van der Waals surface area (Å²) >= 11 is 7.42. The molecule has 0 unspecified atom stereocenters. The number of hydrogen-bond donors (Lipinski definition) is 1.